The van der Waals surface area contributed by atoms with Crippen molar-refractivity contribution in [3.05, 3.63) is 93.3 Å². The van der Waals surface area contributed by atoms with E-state index in [4.69, 9.17) is 16.0 Å². The highest BCUT2D eigenvalue weighted by Crippen LogP contribution is 2.24. The SMILES string of the molecule is O=C(NNC(=O)c1cc2c(ccc3ccccc32)oc1=O)c1ccccc1Cl. The Labute approximate surface area is 163 Å². The highest BCUT2D eigenvalue weighted by Gasteiger charge is 2.17. The molecule has 0 aliphatic carbocycles. The molecular weight excluding hydrogens is 380 g/mol. The minimum Gasteiger partial charge on any atom is -0.422 e. The summed E-state index contributed by atoms with van der Waals surface area (Å²) in [5.41, 5.74) is 4.02. The topological polar surface area (TPSA) is 88.4 Å². The molecule has 138 valence electrons. The highest BCUT2D eigenvalue weighted by molar-refractivity contribution is 6.33. The van der Waals surface area contributed by atoms with Crippen molar-refractivity contribution in [2.24, 2.45) is 0 Å². The zero-order valence-electron chi connectivity index (χ0n) is 14.4. The molecule has 0 unspecified atom stereocenters. The molecule has 0 atom stereocenters. The van der Waals surface area contributed by atoms with E-state index in [0.29, 0.717) is 11.0 Å². The van der Waals surface area contributed by atoms with Gasteiger partial charge in [0.25, 0.3) is 11.8 Å². The van der Waals surface area contributed by atoms with Gasteiger partial charge in [-0.1, -0.05) is 54.1 Å². The predicted octanol–water partition coefficient (Wildman–Crippen LogP) is 3.67. The van der Waals surface area contributed by atoms with Crippen LogP contribution in [-0.4, -0.2) is 11.8 Å². The van der Waals surface area contributed by atoms with Crippen LogP contribution in [0, 0.1) is 0 Å². The van der Waals surface area contributed by atoms with Crippen LogP contribution in [0.5, 0.6) is 0 Å². The Morgan fingerprint density at radius 1 is 0.786 bits per heavy atom. The van der Waals surface area contributed by atoms with Crippen molar-refractivity contribution in [3.8, 4) is 0 Å². The lowest BCUT2D eigenvalue weighted by Gasteiger charge is -2.09. The van der Waals surface area contributed by atoms with E-state index in [2.05, 4.69) is 10.9 Å². The molecule has 0 bridgehead atoms. The van der Waals surface area contributed by atoms with Gasteiger partial charge in [-0.05, 0) is 35.0 Å². The molecule has 0 aliphatic rings. The van der Waals surface area contributed by atoms with Crippen LogP contribution in [-0.2, 0) is 0 Å². The number of benzene rings is 3. The van der Waals surface area contributed by atoms with Crippen LogP contribution in [0.2, 0.25) is 5.02 Å². The molecule has 1 aromatic heterocycles. The monoisotopic (exact) mass is 392 g/mol. The van der Waals surface area contributed by atoms with Gasteiger partial charge in [0.1, 0.15) is 11.1 Å². The van der Waals surface area contributed by atoms with E-state index >= 15 is 0 Å². The quantitative estimate of drug-likeness (QED) is 0.309. The van der Waals surface area contributed by atoms with Gasteiger partial charge in [0.05, 0.1) is 10.6 Å². The summed E-state index contributed by atoms with van der Waals surface area (Å²) >= 11 is 5.96. The van der Waals surface area contributed by atoms with E-state index in [9.17, 15) is 14.4 Å². The van der Waals surface area contributed by atoms with Crippen LogP contribution < -0.4 is 16.5 Å². The van der Waals surface area contributed by atoms with Crippen molar-refractivity contribution >= 4 is 45.2 Å². The van der Waals surface area contributed by atoms with Crippen LogP contribution in [0.3, 0.4) is 0 Å². The fraction of sp³-hybridized carbons (Fsp3) is 0. The summed E-state index contributed by atoms with van der Waals surface area (Å²) in [6, 6.07) is 18.9. The minimum absolute atomic E-state index is 0.195. The maximum absolute atomic E-state index is 12.4. The van der Waals surface area contributed by atoms with Gasteiger partial charge in [-0.25, -0.2) is 4.79 Å². The van der Waals surface area contributed by atoms with Gasteiger partial charge in [-0.15, -0.1) is 0 Å². The largest absolute Gasteiger partial charge is 0.422 e. The molecule has 3 aromatic carbocycles. The summed E-state index contributed by atoms with van der Waals surface area (Å²) in [6.07, 6.45) is 0. The second-order valence-electron chi connectivity index (χ2n) is 6.03. The molecule has 2 N–H and O–H groups in total. The number of fused-ring (bicyclic) bond motifs is 3. The van der Waals surface area contributed by atoms with Crippen molar-refractivity contribution in [1.29, 1.82) is 0 Å². The summed E-state index contributed by atoms with van der Waals surface area (Å²) in [4.78, 5) is 36.8. The van der Waals surface area contributed by atoms with Crippen molar-refractivity contribution in [2.45, 2.75) is 0 Å². The average Bonchev–Trinajstić information content (AvgIpc) is 2.71. The van der Waals surface area contributed by atoms with E-state index in [1.165, 1.54) is 12.1 Å². The van der Waals surface area contributed by atoms with E-state index < -0.39 is 17.4 Å². The second-order valence-corrected chi connectivity index (χ2v) is 6.44. The number of hydrazine groups is 1. The molecule has 4 aromatic rings. The molecular formula is C21H13ClN2O4. The zero-order valence-corrected chi connectivity index (χ0v) is 15.1. The predicted molar refractivity (Wildman–Crippen MR) is 106 cm³/mol. The Kier molecular flexibility index (Phi) is 4.55. The molecule has 0 saturated heterocycles. The number of carbonyl (C=O) groups is 2. The number of hydrogen-bond donors (Lipinski definition) is 2. The Bertz CT molecular complexity index is 1300. The second kappa shape index (κ2) is 7.17. The molecule has 6 nitrogen and oxygen atoms in total. The number of nitrogens with one attached hydrogen (secondary N) is 2. The third-order valence-electron chi connectivity index (χ3n) is 4.29. The molecule has 7 heteroatoms. The summed E-state index contributed by atoms with van der Waals surface area (Å²) in [7, 11) is 0. The number of amides is 2. The smallest absolute Gasteiger partial charge is 0.349 e. The van der Waals surface area contributed by atoms with Crippen LogP contribution in [0.1, 0.15) is 20.7 Å². The Balaban J connectivity index is 1.65. The van der Waals surface area contributed by atoms with Gasteiger partial charge in [-0.2, -0.15) is 0 Å². The maximum Gasteiger partial charge on any atom is 0.349 e. The summed E-state index contributed by atoms with van der Waals surface area (Å²) in [5, 5.41) is 2.66. The lowest BCUT2D eigenvalue weighted by molar-refractivity contribution is 0.0844. The molecule has 2 amide bonds. The number of hydrogen-bond acceptors (Lipinski definition) is 4. The molecule has 1 heterocycles. The van der Waals surface area contributed by atoms with Crippen LogP contribution in [0.25, 0.3) is 21.7 Å². The first-order chi connectivity index (χ1) is 13.5. The van der Waals surface area contributed by atoms with E-state index in [-0.39, 0.29) is 16.1 Å². The molecule has 0 saturated carbocycles. The minimum atomic E-state index is -0.799. The number of halogens is 1. The lowest BCUT2D eigenvalue weighted by Crippen LogP contribution is -2.43. The van der Waals surface area contributed by atoms with Gasteiger partial charge in [0, 0.05) is 5.39 Å². The maximum atomic E-state index is 12.4. The Morgan fingerprint density at radius 2 is 1.46 bits per heavy atom. The molecule has 0 fully saturated rings. The average molecular weight is 393 g/mol. The molecule has 0 radical (unpaired) electrons. The fourth-order valence-electron chi connectivity index (χ4n) is 2.92. The standard InChI is InChI=1S/C21H13ClN2O4/c22-17-8-4-3-7-14(17)19(25)23-24-20(26)16-11-15-13-6-2-1-5-12(13)9-10-18(15)28-21(16)27/h1-11H,(H,23,25)(H,24,26). The van der Waals surface area contributed by atoms with E-state index in [1.54, 1.807) is 24.3 Å². The third kappa shape index (κ3) is 3.21. The zero-order chi connectivity index (χ0) is 19.7. The van der Waals surface area contributed by atoms with E-state index in [1.807, 2.05) is 30.3 Å². The Morgan fingerprint density at radius 3 is 2.25 bits per heavy atom. The van der Waals surface area contributed by atoms with Gasteiger partial charge >= 0.3 is 5.63 Å². The molecule has 0 aliphatic heterocycles. The van der Waals surface area contributed by atoms with Crippen LogP contribution in [0.4, 0.5) is 0 Å². The van der Waals surface area contributed by atoms with Crippen molar-refractivity contribution in [3.63, 3.8) is 0 Å². The summed E-state index contributed by atoms with van der Waals surface area (Å²) < 4.78 is 5.28. The first-order valence-corrected chi connectivity index (χ1v) is 8.73. The van der Waals surface area contributed by atoms with Gasteiger partial charge < -0.3 is 4.42 Å². The van der Waals surface area contributed by atoms with E-state index in [0.717, 1.165) is 10.8 Å². The summed E-state index contributed by atoms with van der Waals surface area (Å²) in [5.74, 6) is -1.39. The van der Waals surface area contributed by atoms with Crippen molar-refractivity contribution in [2.75, 3.05) is 0 Å². The van der Waals surface area contributed by atoms with Gasteiger partial charge in [0.2, 0.25) is 0 Å². The fourth-order valence-corrected chi connectivity index (χ4v) is 3.14. The Hall–Kier alpha value is -3.64. The van der Waals surface area contributed by atoms with Gasteiger partial charge in [0.15, 0.2) is 0 Å². The molecule has 4 rings (SSSR count). The number of rotatable bonds is 2. The van der Waals surface area contributed by atoms with Crippen LogP contribution in [0.15, 0.2) is 75.9 Å². The van der Waals surface area contributed by atoms with Crippen molar-refractivity contribution < 1.29 is 14.0 Å². The first-order valence-electron chi connectivity index (χ1n) is 8.35. The summed E-state index contributed by atoms with van der Waals surface area (Å²) in [6.45, 7) is 0. The third-order valence-corrected chi connectivity index (χ3v) is 4.62. The molecule has 0 spiro atoms. The van der Waals surface area contributed by atoms with Gasteiger partial charge in [-0.3, -0.25) is 20.4 Å². The lowest BCUT2D eigenvalue weighted by atomic mass is 10.0. The highest BCUT2D eigenvalue weighted by atomic mass is 35.5. The number of carbonyl (C=O) groups excluding carboxylic acids is 2. The van der Waals surface area contributed by atoms with Crippen LogP contribution >= 0.6 is 11.6 Å². The normalized spacial score (nSPS) is 10.8. The van der Waals surface area contributed by atoms with Crippen molar-refractivity contribution in [1.82, 2.24) is 10.9 Å². The first kappa shape index (κ1) is 17.8. The molecule has 28 heavy (non-hydrogen) atoms.